The maximum absolute atomic E-state index is 6.12. The summed E-state index contributed by atoms with van der Waals surface area (Å²) in [7, 11) is 0. The Kier molecular flexibility index (Phi) is 4.01. The minimum atomic E-state index is -0.216. The van der Waals surface area contributed by atoms with E-state index in [4.69, 9.17) is 19.4 Å². The summed E-state index contributed by atoms with van der Waals surface area (Å²) in [6.07, 6.45) is 2.77. The van der Waals surface area contributed by atoms with Crippen molar-refractivity contribution in [3.63, 3.8) is 0 Å². The Morgan fingerprint density at radius 1 is 1.07 bits per heavy atom. The van der Waals surface area contributed by atoms with Gasteiger partial charge in [-0.15, -0.1) is 0 Å². The highest BCUT2D eigenvalue weighted by Crippen LogP contribution is 2.43. The van der Waals surface area contributed by atoms with Crippen LogP contribution in [0, 0.1) is 0 Å². The Bertz CT molecular complexity index is 1100. The number of nitrogens with one attached hydrogen (secondary N) is 1. The van der Waals surface area contributed by atoms with Crippen molar-refractivity contribution >= 4 is 22.5 Å². The minimum absolute atomic E-state index is 0.216. The second-order valence-corrected chi connectivity index (χ2v) is 8.77. The van der Waals surface area contributed by atoms with Crippen LogP contribution in [0.15, 0.2) is 24.4 Å². The number of anilines is 2. The van der Waals surface area contributed by atoms with Gasteiger partial charge >= 0.3 is 0 Å². The van der Waals surface area contributed by atoms with Crippen LogP contribution >= 0.6 is 0 Å². The number of hydrogen-bond donors (Lipinski definition) is 1. The van der Waals surface area contributed by atoms with Crippen LogP contribution in [-0.4, -0.2) is 71.3 Å². The van der Waals surface area contributed by atoms with Gasteiger partial charge in [-0.05, 0) is 19.9 Å². The molecule has 3 aromatic rings. The van der Waals surface area contributed by atoms with Gasteiger partial charge in [0.15, 0.2) is 5.82 Å². The molecule has 0 aliphatic carbocycles. The maximum atomic E-state index is 6.12. The smallest absolute Gasteiger partial charge is 0.164 e. The van der Waals surface area contributed by atoms with E-state index in [0.717, 1.165) is 73.2 Å². The van der Waals surface area contributed by atoms with Crippen LogP contribution < -0.4 is 9.80 Å². The molecule has 1 aromatic carbocycles. The summed E-state index contributed by atoms with van der Waals surface area (Å²) in [5, 5.41) is 8.32. The molecule has 1 unspecified atom stereocenters. The van der Waals surface area contributed by atoms with E-state index in [-0.39, 0.29) is 11.6 Å². The molecule has 1 N–H and O–H groups in total. The first kappa shape index (κ1) is 18.1. The van der Waals surface area contributed by atoms with Crippen molar-refractivity contribution in [2.45, 2.75) is 31.9 Å². The molecule has 156 valence electrons. The normalized spacial score (nSPS) is 22.9. The van der Waals surface area contributed by atoms with E-state index < -0.39 is 0 Å². The fourth-order valence-corrected chi connectivity index (χ4v) is 5.04. The van der Waals surface area contributed by atoms with Crippen LogP contribution in [0.2, 0.25) is 0 Å². The number of aromatic nitrogens is 4. The Balaban J connectivity index is 1.54. The van der Waals surface area contributed by atoms with Crippen LogP contribution in [0.5, 0.6) is 0 Å². The number of ether oxygens (including phenoxy) is 2. The van der Waals surface area contributed by atoms with Gasteiger partial charge in [-0.3, -0.25) is 5.10 Å². The van der Waals surface area contributed by atoms with Crippen LogP contribution in [0.25, 0.3) is 22.3 Å². The van der Waals surface area contributed by atoms with Gasteiger partial charge in [0.1, 0.15) is 11.6 Å². The highest BCUT2D eigenvalue weighted by atomic mass is 16.5. The van der Waals surface area contributed by atoms with E-state index in [2.05, 4.69) is 39.9 Å². The zero-order valence-electron chi connectivity index (χ0n) is 17.4. The molecule has 30 heavy (non-hydrogen) atoms. The van der Waals surface area contributed by atoms with Crippen molar-refractivity contribution in [1.82, 2.24) is 20.2 Å². The summed E-state index contributed by atoms with van der Waals surface area (Å²) in [6.45, 7) is 9.10. The summed E-state index contributed by atoms with van der Waals surface area (Å²) < 4.78 is 11.7. The van der Waals surface area contributed by atoms with Gasteiger partial charge in [0, 0.05) is 42.6 Å². The van der Waals surface area contributed by atoms with Crippen LogP contribution in [0.4, 0.5) is 11.6 Å². The molecule has 0 amide bonds. The molecular formula is C22H26N6O2. The van der Waals surface area contributed by atoms with Crippen molar-refractivity contribution in [2.75, 3.05) is 49.3 Å². The van der Waals surface area contributed by atoms with E-state index in [9.17, 15) is 0 Å². The molecule has 0 saturated carbocycles. The van der Waals surface area contributed by atoms with Crippen LogP contribution in [0.3, 0.4) is 0 Å². The molecule has 2 saturated heterocycles. The van der Waals surface area contributed by atoms with Crippen molar-refractivity contribution in [1.29, 1.82) is 0 Å². The number of morpholine rings is 2. The lowest BCUT2D eigenvalue weighted by atomic mass is 9.93. The summed E-state index contributed by atoms with van der Waals surface area (Å²) in [4.78, 5) is 15.0. The Hall–Kier alpha value is -2.71. The molecule has 3 aliphatic rings. The molecule has 8 heteroatoms. The number of benzene rings is 1. The van der Waals surface area contributed by atoms with Crippen LogP contribution in [-0.2, 0) is 15.9 Å². The van der Waals surface area contributed by atoms with Gasteiger partial charge in [0.2, 0.25) is 0 Å². The topological polar surface area (TPSA) is 79.4 Å². The lowest BCUT2D eigenvalue weighted by Gasteiger charge is -2.43. The Labute approximate surface area is 175 Å². The number of rotatable bonds is 2. The highest BCUT2D eigenvalue weighted by molar-refractivity contribution is 5.93. The molecule has 3 aliphatic heterocycles. The van der Waals surface area contributed by atoms with Gasteiger partial charge in [0.25, 0.3) is 0 Å². The number of aromatic amines is 1. The maximum Gasteiger partial charge on any atom is 0.164 e. The molecule has 2 aromatic heterocycles. The van der Waals surface area contributed by atoms with Gasteiger partial charge in [-0.25, -0.2) is 9.97 Å². The van der Waals surface area contributed by atoms with E-state index in [1.165, 1.54) is 5.56 Å². The lowest BCUT2D eigenvalue weighted by molar-refractivity contribution is -0.0546. The number of hydrogen-bond acceptors (Lipinski definition) is 7. The molecule has 2 fully saturated rings. The second-order valence-electron chi connectivity index (χ2n) is 8.77. The van der Waals surface area contributed by atoms with E-state index in [0.29, 0.717) is 6.61 Å². The third-order valence-corrected chi connectivity index (χ3v) is 6.65. The Morgan fingerprint density at radius 2 is 1.90 bits per heavy atom. The van der Waals surface area contributed by atoms with Crippen molar-refractivity contribution in [3.05, 3.63) is 30.0 Å². The summed E-state index contributed by atoms with van der Waals surface area (Å²) in [5.74, 6) is 2.86. The molecular weight excluding hydrogens is 380 g/mol. The Morgan fingerprint density at radius 3 is 2.77 bits per heavy atom. The monoisotopic (exact) mass is 406 g/mol. The molecule has 0 bridgehead atoms. The van der Waals surface area contributed by atoms with E-state index in [1.54, 1.807) is 0 Å². The fourth-order valence-electron chi connectivity index (χ4n) is 5.04. The van der Waals surface area contributed by atoms with Gasteiger partial charge in [-0.2, -0.15) is 5.10 Å². The van der Waals surface area contributed by atoms with Gasteiger partial charge in [0.05, 0.1) is 43.2 Å². The van der Waals surface area contributed by atoms with E-state index >= 15 is 0 Å². The van der Waals surface area contributed by atoms with Crippen LogP contribution in [0.1, 0.15) is 19.4 Å². The second kappa shape index (κ2) is 6.65. The molecule has 5 heterocycles. The number of H-pyrrole nitrogens is 1. The average molecular weight is 406 g/mol. The summed E-state index contributed by atoms with van der Waals surface area (Å²) >= 11 is 0. The molecule has 8 nitrogen and oxygen atoms in total. The van der Waals surface area contributed by atoms with Gasteiger partial charge < -0.3 is 19.3 Å². The quantitative estimate of drug-likeness (QED) is 0.700. The number of fused-ring (bicyclic) bond motifs is 4. The van der Waals surface area contributed by atoms with Crippen molar-refractivity contribution in [3.8, 4) is 11.4 Å². The first-order valence-corrected chi connectivity index (χ1v) is 10.7. The minimum Gasteiger partial charge on any atom is -0.378 e. The third-order valence-electron chi connectivity index (χ3n) is 6.65. The van der Waals surface area contributed by atoms with E-state index in [1.807, 2.05) is 18.3 Å². The zero-order chi connectivity index (χ0) is 20.3. The zero-order valence-corrected chi connectivity index (χ0v) is 17.4. The number of nitrogens with zero attached hydrogens (tertiary/aromatic N) is 5. The SMILES string of the molecule is CC1(C)OCCN2c3nc(-c4cccc5[nH]ncc45)nc(N4CCOCC4)c3CC21. The molecule has 0 radical (unpaired) electrons. The highest BCUT2D eigenvalue weighted by Gasteiger charge is 2.46. The summed E-state index contributed by atoms with van der Waals surface area (Å²) in [5.41, 5.74) is 3.03. The molecule has 6 rings (SSSR count). The van der Waals surface area contributed by atoms with Crippen molar-refractivity contribution < 1.29 is 9.47 Å². The third kappa shape index (κ3) is 2.70. The van der Waals surface area contributed by atoms with Crippen molar-refractivity contribution in [2.24, 2.45) is 0 Å². The largest absolute Gasteiger partial charge is 0.378 e. The average Bonchev–Trinajstić information content (AvgIpc) is 3.39. The molecule has 0 spiro atoms. The summed E-state index contributed by atoms with van der Waals surface area (Å²) in [6, 6.07) is 6.41. The lowest BCUT2D eigenvalue weighted by Crippen LogP contribution is -2.55. The van der Waals surface area contributed by atoms with Gasteiger partial charge in [-0.1, -0.05) is 12.1 Å². The standard InChI is InChI=1S/C22H26N6O2/c1-22(2)18-12-15-20(27-6-9-29-10-7-27)24-19(25-21(15)28(18)8-11-30-22)14-4-3-5-17-16(14)13-23-26-17/h3-5,13,18H,6-12H2,1-2H3,(H,23,26). The predicted octanol–water partition coefficient (Wildman–Crippen LogP) is 2.40. The predicted molar refractivity (Wildman–Crippen MR) is 115 cm³/mol. The first-order valence-electron chi connectivity index (χ1n) is 10.7. The first-order chi connectivity index (χ1) is 14.6. The fraction of sp³-hybridized carbons (Fsp3) is 0.500. The molecule has 1 atom stereocenters.